The fraction of sp³-hybridized carbons (Fsp3) is 0.405. The molecule has 2 aliphatic heterocycles. The first-order valence-corrected chi connectivity index (χ1v) is 16.5. The van der Waals surface area contributed by atoms with Crippen LogP contribution in [0.4, 0.5) is 5.69 Å². The minimum Gasteiger partial charge on any atom is -0.508 e. The van der Waals surface area contributed by atoms with Crippen molar-refractivity contribution in [3.05, 3.63) is 89.5 Å². The van der Waals surface area contributed by atoms with E-state index >= 15 is 0 Å². The van der Waals surface area contributed by atoms with Gasteiger partial charge in [-0.1, -0.05) is 61.7 Å². The molecule has 3 aromatic rings. The number of nitrogens with zero attached hydrogens (tertiary/aromatic N) is 1. The van der Waals surface area contributed by atoms with E-state index < -0.39 is 66.9 Å². The van der Waals surface area contributed by atoms with Crippen LogP contribution in [0.15, 0.2) is 72.8 Å². The van der Waals surface area contributed by atoms with Gasteiger partial charge in [0.05, 0.1) is 12.3 Å². The lowest BCUT2D eigenvalue weighted by Gasteiger charge is -2.41. The van der Waals surface area contributed by atoms with E-state index in [9.17, 15) is 45.3 Å². The number of carbonyl (C=O) groups is 2. The van der Waals surface area contributed by atoms with Gasteiger partial charge in [0.2, 0.25) is 6.29 Å². The number of benzene rings is 3. The Kier molecular flexibility index (Phi) is 9.96. The third-order valence-corrected chi connectivity index (χ3v) is 10.1. The van der Waals surface area contributed by atoms with Crippen molar-refractivity contribution in [1.29, 1.82) is 0 Å². The van der Waals surface area contributed by atoms with Gasteiger partial charge in [0.25, 0.3) is 5.91 Å². The number of carboxylic acids is 1. The average Bonchev–Trinajstić information content (AvgIpc) is 3.41. The first kappa shape index (κ1) is 34.4. The molecule has 2 fully saturated rings. The summed E-state index contributed by atoms with van der Waals surface area (Å²) in [5.74, 6) is -3.26. The SMILES string of the molecule is O=C(O)[C@H]1[C@H](CC2(c3ccccc3)CCCCC2)c2cc(O)c(O[C@@H]3O[C@H](CO)[C@@H](O)[C@H](O)[C@H]3O)cc2N1C(=O)/C=C/c1ccc(O)cc1. The second-order valence-electron chi connectivity index (χ2n) is 13.1. The topological polar surface area (TPSA) is 197 Å². The van der Waals surface area contributed by atoms with Gasteiger partial charge in [0.15, 0.2) is 11.5 Å². The molecule has 2 heterocycles. The molecule has 260 valence electrons. The average molecular weight is 676 g/mol. The van der Waals surface area contributed by atoms with Gasteiger partial charge in [-0.2, -0.15) is 0 Å². The zero-order valence-corrected chi connectivity index (χ0v) is 26.7. The van der Waals surface area contributed by atoms with E-state index in [0.29, 0.717) is 17.5 Å². The molecule has 0 radical (unpaired) electrons. The molecule has 0 bridgehead atoms. The molecule has 1 saturated carbocycles. The molecule has 12 nitrogen and oxygen atoms in total. The molecule has 7 N–H and O–H groups in total. The second kappa shape index (κ2) is 14.2. The van der Waals surface area contributed by atoms with E-state index in [1.165, 1.54) is 41.3 Å². The van der Waals surface area contributed by atoms with Crippen molar-refractivity contribution < 1.29 is 54.8 Å². The minimum atomic E-state index is -1.77. The quantitative estimate of drug-likeness (QED) is 0.165. The Balaban J connectivity index is 1.43. The van der Waals surface area contributed by atoms with Gasteiger partial charge in [-0.15, -0.1) is 0 Å². The van der Waals surface area contributed by atoms with Crippen LogP contribution in [0.5, 0.6) is 17.2 Å². The van der Waals surface area contributed by atoms with Crippen molar-refractivity contribution in [2.75, 3.05) is 11.5 Å². The van der Waals surface area contributed by atoms with Crippen LogP contribution in [-0.2, 0) is 19.7 Å². The molecule has 49 heavy (non-hydrogen) atoms. The molecular weight excluding hydrogens is 634 g/mol. The highest BCUT2D eigenvalue weighted by Gasteiger charge is 2.50. The molecular formula is C37H41NO11. The smallest absolute Gasteiger partial charge is 0.327 e. The molecule has 3 aromatic carbocycles. The monoisotopic (exact) mass is 675 g/mol. The Morgan fingerprint density at radius 1 is 0.918 bits per heavy atom. The summed E-state index contributed by atoms with van der Waals surface area (Å²) in [4.78, 5) is 28.4. The fourth-order valence-corrected chi connectivity index (χ4v) is 7.61. The number of aromatic hydroxyl groups is 2. The Morgan fingerprint density at radius 3 is 2.27 bits per heavy atom. The number of aliphatic carboxylic acids is 1. The lowest BCUT2D eigenvalue weighted by Crippen LogP contribution is -2.60. The van der Waals surface area contributed by atoms with Gasteiger partial charge in [0, 0.05) is 18.1 Å². The van der Waals surface area contributed by atoms with Crippen molar-refractivity contribution in [1.82, 2.24) is 0 Å². The van der Waals surface area contributed by atoms with E-state index in [-0.39, 0.29) is 22.6 Å². The first-order valence-electron chi connectivity index (χ1n) is 16.5. The van der Waals surface area contributed by atoms with Gasteiger partial charge < -0.3 is 45.2 Å². The van der Waals surface area contributed by atoms with Crippen LogP contribution in [0.2, 0.25) is 0 Å². The van der Waals surface area contributed by atoms with Crippen LogP contribution in [0, 0.1) is 0 Å². The lowest BCUT2D eigenvalue weighted by molar-refractivity contribution is -0.277. The van der Waals surface area contributed by atoms with E-state index in [0.717, 1.165) is 37.7 Å². The number of hydrogen-bond acceptors (Lipinski definition) is 10. The number of amides is 1. The molecule has 1 saturated heterocycles. The Morgan fingerprint density at radius 2 is 1.61 bits per heavy atom. The highest BCUT2D eigenvalue weighted by molar-refractivity contribution is 6.09. The molecule has 7 atom stereocenters. The molecule has 0 spiro atoms. The Bertz CT molecular complexity index is 1670. The van der Waals surface area contributed by atoms with Crippen molar-refractivity contribution in [3.8, 4) is 17.2 Å². The first-order chi connectivity index (χ1) is 23.5. The number of fused-ring (bicyclic) bond motifs is 1. The normalized spacial score (nSPS) is 27.9. The molecule has 1 amide bonds. The number of carboxylic acid groups (broad SMARTS) is 1. The third kappa shape index (κ3) is 6.75. The zero-order valence-electron chi connectivity index (χ0n) is 26.7. The zero-order chi connectivity index (χ0) is 34.9. The lowest BCUT2D eigenvalue weighted by atomic mass is 9.63. The van der Waals surface area contributed by atoms with Gasteiger partial charge in [-0.05, 0) is 65.6 Å². The number of phenols is 2. The van der Waals surface area contributed by atoms with Crippen LogP contribution in [-0.4, -0.2) is 91.0 Å². The Hall–Kier alpha value is -4.46. The van der Waals surface area contributed by atoms with Crippen LogP contribution in [0.1, 0.15) is 61.1 Å². The molecule has 0 aromatic heterocycles. The number of anilines is 1. The molecule has 1 aliphatic carbocycles. The Labute approximate surface area is 283 Å². The molecule has 0 unspecified atom stereocenters. The summed E-state index contributed by atoms with van der Waals surface area (Å²) in [5, 5.41) is 72.3. The van der Waals surface area contributed by atoms with Crippen molar-refractivity contribution in [3.63, 3.8) is 0 Å². The van der Waals surface area contributed by atoms with Gasteiger partial charge in [-0.25, -0.2) is 4.79 Å². The predicted molar refractivity (Wildman–Crippen MR) is 177 cm³/mol. The minimum absolute atomic E-state index is 0.0486. The number of aliphatic hydroxyl groups is 4. The van der Waals surface area contributed by atoms with E-state index in [4.69, 9.17) is 9.47 Å². The number of carbonyl (C=O) groups excluding carboxylic acids is 1. The van der Waals surface area contributed by atoms with E-state index in [2.05, 4.69) is 12.1 Å². The number of hydrogen-bond donors (Lipinski definition) is 7. The van der Waals surface area contributed by atoms with Crippen molar-refractivity contribution in [2.45, 2.75) is 86.6 Å². The highest BCUT2D eigenvalue weighted by atomic mass is 16.7. The van der Waals surface area contributed by atoms with Crippen molar-refractivity contribution in [2.24, 2.45) is 0 Å². The van der Waals surface area contributed by atoms with Gasteiger partial charge >= 0.3 is 5.97 Å². The molecule has 3 aliphatic rings. The number of rotatable bonds is 9. The summed E-state index contributed by atoms with van der Waals surface area (Å²) in [6, 6.07) is 17.4. The standard InChI is InChI=1S/C37H41NO11/c39-20-29-32(43)33(44)34(45)36(49-29)48-28-18-26-24(17-27(28)41)25(19-37(15-5-2-6-16-37)22-7-3-1-4-8-22)31(35(46)47)38(26)30(42)14-11-21-9-12-23(40)13-10-21/h1,3-4,7-14,17-18,25,29,31-34,36,39-41,43-45H,2,5-6,15-16,19-20H2,(H,46,47)/b14-11+/t25-,29-,31-,32-,33+,34-,36-/m1/s1. The summed E-state index contributed by atoms with van der Waals surface area (Å²) in [7, 11) is 0. The largest absolute Gasteiger partial charge is 0.508 e. The summed E-state index contributed by atoms with van der Waals surface area (Å²) >= 11 is 0. The molecule has 12 heteroatoms. The summed E-state index contributed by atoms with van der Waals surface area (Å²) < 4.78 is 11.3. The van der Waals surface area contributed by atoms with Crippen LogP contribution in [0.25, 0.3) is 6.08 Å². The number of ether oxygens (including phenoxy) is 2. The second-order valence-corrected chi connectivity index (χ2v) is 13.1. The molecule has 6 rings (SSSR count). The maximum absolute atomic E-state index is 14.0. The number of phenolic OH excluding ortho intramolecular Hbond substituents is 2. The maximum atomic E-state index is 14.0. The maximum Gasteiger partial charge on any atom is 0.327 e. The van der Waals surface area contributed by atoms with Crippen molar-refractivity contribution >= 4 is 23.6 Å². The summed E-state index contributed by atoms with van der Waals surface area (Å²) in [5.41, 5.74) is 1.91. The predicted octanol–water partition coefficient (Wildman–Crippen LogP) is 3.17. The fourth-order valence-electron chi connectivity index (χ4n) is 7.61. The third-order valence-electron chi connectivity index (χ3n) is 10.1. The van der Waals surface area contributed by atoms with Gasteiger partial charge in [0.1, 0.15) is 36.2 Å². The van der Waals surface area contributed by atoms with E-state index in [1.807, 2.05) is 18.2 Å². The highest BCUT2D eigenvalue weighted by Crippen LogP contribution is 2.54. The van der Waals surface area contributed by atoms with Crippen LogP contribution >= 0.6 is 0 Å². The van der Waals surface area contributed by atoms with Crippen LogP contribution in [0.3, 0.4) is 0 Å². The van der Waals surface area contributed by atoms with E-state index in [1.54, 1.807) is 12.1 Å². The summed E-state index contributed by atoms with van der Waals surface area (Å²) in [6.07, 6.45) is -0.264. The van der Waals surface area contributed by atoms with Crippen LogP contribution < -0.4 is 9.64 Å². The van der Waals surface area contributed by atoms with Gasteiger partial charge in [-0.3, -0.25) is 9.69 Å². The number of aliphatic hydroxyl groups excluding tert-OH is 4. The summed E-state index contributed by atoms with van der Waals surface area (Å²) in [6.45, 7) is -0.693.